The fraction of sp³-hybridized carbons (Fsp3) is 0.714. The van der Waals surface area contributed by atoms with Crippen LogP contribution in [-0.2, 0) is 0 Å². The molecule has 19 heavy (non-hydrogen) atoms. The molecule has 0 saturated carbocycles. The van der Waals surface area contributed by atoms with Crippen LogP contribution in [0.3, 0.4) is 0 Å². The van der Waals surface area contributed by atoms with Gasteiger partial charge in [-0.15, -0.1) is 0 Å². The lowest BCUT2D eigenvalue weighted by molar-refractivity contribution is 0.351. The molecule has 2 N–H and O–H groups in total. The van der Waals surface area contributed by atoms with E-state index in [2.05, 4.69) is 52.3 Å². The monoisotopic (exact) mass is 263 g/mol. The molecule has 1 fully saturated rings. The van der Waals surface area contributed by atoms with Gasteiger partial charge in [-0.3, -0.25) is 0 Å². The number of hydrogen-bond donors (Lipinski definition) is 2. The number of nitrogens with one attached hydrogen (secondary N) is 2. The highest BCUT2D eigenvalue weighted by molar-refractivity contribution is 5.49. The minimum atomic E-state index is 0.138. The molecular formula is C14H25N5. The van der Waals surface area contributed by atoms with Crippen LogP contribution >= 0.6 is 0 Å². The molecule has 1 aromatic rings. The van der Waals surface area contributed by atoms with Gasteiger partial charge in [0.05, 0.1) is 0 Å². The molecule has 1 saturated heterocycles. The smallest absolute Gasteiger partial charge is 0.134 e. The second-order valence-electron chi connectivity index (χ2n) is 5.77. The fourth-order valence-corrected chi connectivity index (χ4v) is 2.35. The third-order valence-electron chi connectivity index (χ3n) is 3.38. The molecule has 0 atom stereocenters. The van der Waals surface area contributed by atoms with Crippen LogP contribution in [0.5, 0.6) is 0 Å². The topological polar surface area (TPSA) is 53.1 Å². The molecule has 2 rings (SSSR count). The van der Waals surface area contributed by atoms with Gasteiger partial charge in [-0.1, -0.05) is 13.3 Å². The molecule has 5 heteroatoms. The van der Waals surface area contributed by atoms with E-state index in [-0.39, 0.29) is 5.54 Å². The maximum atomic E-state index is 4.40. The van der Waals surface area contributed by atoms with E-state index in [4.69, 9.17) is 0 Å². The second-order valence-corrected chi connectivity index (χ2v) is 5.77. The number of unbranched alkanes of at least 4 members (excludes halogenated alkanes) is 1. The van der Waals surface area contributed by atoms with Gasteiger partial charge in [-0.05, 0) is 20.3 Å². The molecule has 0 amide bonds. The molecule has 106 valence electrons. The highest BCUT2D eigenvalue weighted by atomic mass is 15.3. The van der Waals surface area contributed by atoms with Gasteiger partial charge in [0.2, 0.25) is 0 Å². The van der Waals surface area contributed by atoms with Crippen molar-refractivity contribution in [3.8, 4) is 0 Å². The van der Waals surface area contributed by atoms with E-state index in [1.165, 1.54) is 12.8 Å². The number of rotatable bonds is 5. The molecule has 0 aromatic carbocycles. The summed E-state index contributed by atoms with van der Waals surface area (Å²) in [4.78, 5) is 11.0. The van der Waals surface area contributed by atoms with Crippen LogP contribution in [0.25, 0.3) is 0 Å². The predicted molar refractivity (Wildman–Crippen MR) is 79.7 cm³/mol. The van der Waals surface area contributed by atoms with Crippen molar-refractivity contribution in [2.24, 2.45) is 0 Å². The summed E-state index contributed by atoms with van der Waals surface area (Å²) in [6.07, 6.45) is 4.01. The van der Waals surface area contributed by atoms with Gasteiger partial charge in [0, 0.05) is 37.8 Å². The highest BCUT2D eigenvalue weighted by Crippen LogP contribution is 2.19. The zero-order valence-electron chi connectivity index (χ0n) is 12.2. The van der Waals surface area contributed by atoms with E-state index in [0.29, 0.717) is 0 Å². The molecule has 5 nitrogen and oxygen atoms in total. The van der Waals surface area contributed by atoms with Gasteiger partial charge < -0.3 is 15.5 Å². The van der Waals surface area contributed by atoms with Crippen LogP contribution in [0.15, 0.2) is 12.4 Å². The maximum Gasteiger partial charge on any atom is 0.134 e. The van der Waals surface area contributed by atoms with Gasteiger partial charge >= 0.3 is 0 Å². The largest absolute Gasteiger partial charge is 0.370 e. The van der Waals surface area contributed by atoms with Crippen molar-refractivity contribution in [3.05, 3.63) is 12.4 Å². The molecule has 0 radical (unpaired) electrons. The molecule has 1 aromatic heterocycles. The fourth-order valence-electron chi connectivity index (χ4n) is 2.35. The molecule has 1 aliphatic heterocycles. The number of piperazine rings is 1. The van der Waals surface area contributed by atoms with Crippen molar-refractivity contribution in [1.29, 1.82) is 0 Å². The minimum absolute atomic E-state index is 0.138. The van der Waals surface area contributed by atoms with Gasteiger partial charge in [-0.2, -0.15) is 0 Å². The minimum Gasteiger partial charge on any atom is -0.370 e. The molecule has 1 aliphatic rings. The lowest BCUT2D eigenvalue weighted by atomic mass is 10.0. The van der Waals surface area contributed by atoms with E-state index in [1.807, 2.05) is 0 Å². The molecule has 0 unspecified atom stereocenters. The maximum absolute atomic E-state index is 4.40. The first-order chi connectivity index (χ1) is 9.11. The molecule has 0 bridgehead atoms. The first-order valence-electron chi connectivity index (χ1n) is 7.16. The summed E-state index contributed by atoms with van der Waals surface area (Å²) < 4.78 is 0. The Hall–Kier alpha value is -1.36. The van der Waals surface area contributed by atoms with Crippen LogP contribution in [0, 0.1) is 0 Å². The highest BCUT2D eigenvalue weighted by Gasteiger charge is 2.26. The van der Waals surface area contributed by atoms with Gasteiger partial charge in [0.15, 0.2) is 0 Å². The Kier molecular flexibility index (Phi) is 4.58. The Bertz CT molecular complexity index is 405. The summed E-state index contributed by atoms with van der Waals surface area (Å²) in [5.74, 6) is 1.94. The predicted octanol–water partition coefficient (Wildman–Crippen LogP) is 1.88. The first kappa shape index (κ1) is 14.1. The van der Waals surface area contributed by atoms with E-state index in [9.17, 15) is 0 Å². The molecule has 0 spiro atoms. The van der Waals surface area contributed by atoms with E-state index in [0.717, 1.165) is 37.8 Å². The molecule has 2 heterocycles. The van der Waals surface area contributed by atoms with Gasteiger partial charge in [0.25, 0.3) is 0 Å². The van der Waals surface area contributed by atoms with Crippen molar-refractivity contribution >= 4 is 11.6 Å². The lowest BCUT2D eigenvalue weighted by Gasteiger charge is -2.39. The van der Waals surface area contributed by atoms with Crippen molar-refractivity contribution in [1.82, 2.24) is 15.3 Å². The van der Waals surface area contributed by atoms with Crippen LogP contribution in [-0.4, -0.2) is 41.7 Å². The van der Waals surface area contributed by atoms with Gasteiger partial charge in [0.1, 0.15) is 18.0 Å². The average Bonchev–Trinajstić information content (AvgIpc) is 2.38. The average molecular weight is 263 g/mol. The summed E-state index contributed by atoms with van der Waals surface area (Å²) in [5.41, 5.74) is 0.138. The first-order valence-corrected chi connectivity index (χ1v) is 7.16. The van der Waals surface area contributed by atoms with Crippen molar-refractivity contribution < 1.29 is 0 Å². The summed E-state index contributed by atoms with van der Waals surface area (Å²) >= 11 is 0. The number of hydrogen-bond acceptors (Lipinski definition) is 5. The quantitative estimate of drug-likeness (QED) is 0.794. The Morgan fingerprint density at radius 2 is 2.26 bits per heavy atom. The lowest BCUT2D eigenvalue weighted by Crippen LogP contribution is -2.57. The van der Waals surface area contributed by atoms with Crippen molar-refractivity contribution in [3.63, 3.8) is 0 Å². The summed E-state index contributed by atoms with van der Waals surface area (Å²) in [5, 5.41) is 6.87. The Balaban J connectivity index is 2.01. The Morgan fingerprint density at radius 3 is 3.00 bits per heavy atom. The van der Waals surface area contributed by atoms with E-state index < -0.39 is 0 Å². The second kappa shape index (κ2) is 6.19. The van der Waals surface area contributed by atoms with Crippen LogP contribution in [0.2, 0.25) is 0 Å². The Morgan fingerprint density at radius 1 is 1.42 bits per heavy atom. The van der Waals surface area contributed by atoms with E-state index >= 15 is 0 Å². The zero-order valence-corrected chi connectivity index (χ0v) is 12.2. The SMILES string of the molecule is CCCCNc1cc(N2CCNC(C)(C)C2)ncn1. The summed E-state index contributed by atoms with van der Waals surface area (Å²) in [6.45, 7) is 10.6. The van der Waals surface area contributed by atoms with Crippen LogP contribution in [0.1, 0.15) is 33.6 Å². The van der Waals surface area contributed by atoms with Crippen LogP contribution in [0.4, 0.5) is 11.6 Å². The van der Waals surface area contributed by atoms with Crippen molar-refractivity contribution in [2.75, 3.05) is 36.4 Å². The molecular weight excluding hydrogens is 238 g/mol. The number of anilines is 2. The number of nitrogens with zero attached hydrogens (tertiary/aromatic N) is 3. The van der Waals surface area contributed by atoms with Crippen LogP contribution < -0.4 is 15.5 Å². The number of aromatic nitrogens is 2. The standard InChI is InChI=1S/C14H25N5/c1-4-5-6-15-12-9-13(17-11-16-12)19-8-7-18-14(2,3)10-19/h9,11,18H,4-8,10H2,1-3H3,(H,15,16,17). The van der Waals surface area contributed by atoms with Crippen molar-refractivity contribution in [2.45, 2.75) is 39.2 Å². The van der Waals surface area contributed by atoms with E-state index in [1.54, 1.807) is 6.33 Å². The third-order valence-corrected chi connectivity index (χ3v) is 3.38. The summed E-state index contributed by atoms with van der Waals surface area (Å²) in [7, 11) is 0. The molecule has 0 aliphatic carbocycles. The zero-order chi connectivity index (χ0) is 13.7. The normalized spacial score (nSPS) is 18.4. The third kappa shape index (κ3) is 4.06. The Labute approximate surface area is 115 Å². The summed E-state index contributed by atoms with van der Waals surface area (Å²) in [6, 6.07) is 2.05. The van der Waals surface area contributed by atoms with Gasteiger partial charge in [-0.25, -0.2) is 9.97 Å².